The van der Waals surface area contributed by atoms with Crippen LogP contribution in [0.1, 0.15) is 25.0 Å². The molecule has 1 amide bonds. The van der Waals surface area contributed by atoms with Gasteiger partial charge < -0.3 is 16.0 Å². The summed E-state index contributed by atoms with van der Waals surface area (Å²) in [5, 5.41) is 9.41. The third kappa shape index (κ3) is 4.82. The fourth-order valence-electron chi connectivity index (χ4n) is 2.81. The summed E-state index contributed by atoms with van der Waals surface area (Å²) in [7, 11) is 0. The van der Waals surface area contributed by atoms with Gasteiger partial charge in [0.05, 0.1) is 0 Å². The maximum absolute atomic E-state index is 11.1. The van der Waals surface area contributed by atoms with Gasteiger partial charge in [-0.15, -0.1) is 0 Å². The molecule has 1 heterocycles. The maximum Gasteiger partial charge on any atom is 0.221 e. The monoisotopic (exact) mass is 361 g/mol. The molecule has 2 aromatic carbocycles. The van der Waals surface area contributed by atoms with E-state index in [1.165, 1.54) is 24.4 Å². The largest absolute Gasteiger partial charge is 0.340 e. The third-order valence-corrected chi connectivity index (χ3v) is 4.14. The first-order chi connectivity index (χ1) is 13.0. The molecule has 0 saturated carbocycles. The first kappa shape index (κ1) is 18.4. The molecule has 0 aliphatic rings. The number of carbonyl (C=O) groups is 1. The van der Waals surface area contributed by atoms with Gasteiger partial charge in [-0.1, -0.05) is 25.1 Å². The van der Waals surface area contributed by atoms with Crippen molar-refractivity contribution in [1.29, 1.82) is 0 Å². The molecule has 0 aliphatic carbocycles. The second-order valence-electron chi connectivity index (χ2n) is 6.26. The van der Waals surface area contributed by atoms with Gasteiger partial charge in [-0.3, -0.25) is 4.79 Å². The van der Waals surface area contributed by atoms with Gasteiger partial charge >= 0.3 is 0 Å². The highest BCUT2D eigenvalue weighted by Crippen LogP contribution is 2.26. The van der Waals surface area contributed by atoms with E-state index in [0.29, 0.717) is 5.82 Å². The lowest BCUT2D eigenvalue weighted by Gasteiger charge is -2.14. The van der Waals surface area contributed by atoms with Crippen LogP contribution in [0.2, 0.25) is 0 Å². The fraction of sp³-hybridized carbons (Fsp3) is 0.190. The molecule has 0 saturated heterocycles. The number of rotatable bonds is 6. The first-order valence-electron chi connectivity index (χ1n) is 8.87. The molecule has 0 radical (unpaired) electrons. The highest BCUT2D eigenvalue weighted by atomic mass is 16.1. The number of amides is 1. The molecule has 0 aliphatic heterocycles. The Morgan fingerprint density at radius 3 is 2.30 bits per heavy atom. The molecule has 0 fully saturated rings. The van der Waals surface area contributed by atoms with E-state index in [1.54, 1.807) is 0 Å². The molecule has 3 N–H and O–H groups in total. The summed E-state index contributed by atoms with van der Waals surface area (Å²) < 4.78 is 0. The number of aryl methyl sites for hydroxylation is 2. The van der Waals surface area contributed by atoms with Crippen molar-refractivity contribution in [3.8, 4) is 0 Å². The molecule has 3 rings (SSSR count). The Bertz CT molecular complexity index is 938. The van der Waals surface area contributed by atoms with Crippen LogP contribution in [-0.2, 0) is 11.2 Å². The molecule has 6 nitrogen and oxygen atoms in total. The van der Waals surface area contributed by atoms with Gasteiger partial charge in [0.1, 0.15) is 18.0 Å². The summed E-state index contributed by atoms with van der Waals surface area (Å²) in [5.74, 6) is 1.32. The summed E-state index contributed by atoms with van der Waals surface area (Å²) >= 11 is 0. The molecule has 1 aromatic heterocycles. The number of benzene rings is 2. The highest BCUT2D eigenvalue weighted by molar-refractivity contribution is 5.88. The van der Waals surface area contributed by atoms with Gasteiger partial charge in [-0.25, -0.2) is 9.97 Å². The van der Waals surface area contributed by atoms with Crippen molar-refractivity contribution in [3.63, 3.8) is 0 Å². The van der Waals surface area contributed by atoms with Crippen LogP contribution in [0, 0.1) is 6.92 Å². The normalized spacial score (nSPS) is 10.3. The Morgan fingerprint density at radius 2 is 1.63 bits per heavy atom. The number of nitrogens with one attached hydrogen (secondary N) is 3. The molecule has 0 bridgehead atoms. The zero-order valence-corrected chi connectivity index (χ0v) is 15.7. The molecule has 6 heteroatoms. The van der Waals surface area contributed by atoms with E-state index in [9.17, 15) is 4.79 Å². The predicted octanol–water partition coefficient (Wildman–Crippen LogP) is 4.79. The number of aromatic nitrogens is 2. The lowest BCUT2D eigenvalue weighted by atomic mass is 10.1. The van der Waals surface area contributed by atoms with Crippen LogP contribution in [-0.4, -0.2) is 15.9 Å². The molecule has 138 valence electrons. The van der Waals surface area contributed by atoms with E-state index < -0.39 is 0 Å². The zero-order chi connectivity index (χ0) is 19.2. The Labute approximate surface area is 159 Å². The Hall–Kier alpha value is -3.41. The van der Waals surface area contributed by atoms with Crippen molar-refractivity contribution in [3.05, 3.63) is 66.0 Å². The van der Waals surface area contributed by atoms with Crippen LogP contribution >= 0.6 is 0 Å². The van der Waals surface area contributed by atoms with Gasteiger partial charge in [-0.2, -0.15) is 0 Å². The lowest BCUT2D eigenvalue weighted by Crippen LogP contribution is -2.05. The van der Waals surface area contributed by atoms with Crippen LogP contribution in [0.15, 0.2) is 54.9 Å². The second kappa shape index (κ2) is 8.31. The van der Waals surface area contributed by atoms with Gasteiger partial charge in [0.25, 0.3) is 0 Å². The van der Waals surface area contributed by atoms with E-state index in [0.717, 1.165) is 29.3 Å². The van der Waals surface area contributed by atoms with Crippen molar-refractivity contribution in [2.75, 3.05) is 16.0 Å². The minimum Gasteiger partial charge on any atom is -0.340 e. The maximum atomic E-state index is 11.1. The van der Waals surface area contributed by atoms with E-state index in [1.807, 2.05) is 30.3 Å². The quantitative estimate of drug-likeness (QED) is 0.588. The number of nitrogens with zero attached hydrogens (tertiary/aromatic N) is 2. The van der Waals surface area contributed by atoms with Crippen LogP contribution < -0.4 is 16.0 Å². The Balaban J connectivity index is 1.75. The molecule has 0 atom stereocenters. The third-order valence-electron chi connectivity index (χ3n) is 4.14. The Morgan fingerprint density at radius 1 is 0.963 bits per heavy atom. The topological polar surface area (TPSA) is 78.9 Å². The number of para-hydroxylation sites is 1. The van der Waals surface area contributed by atoms with Crippen molar-refractivity contribution in [1.82, 2.24) is 9.97 Å². The van der Waals surface area contributed by atoms with Crippen molar-refractivity contribution in [2.45, 2.75) is 27.2 Å². The average molecular weight is 361 g/mol. The van der Waals surface area contributed by atoms with Gasteiger partial charge in [0.15, 0.2) is 0 Å². The van der Waals surface area contributed by atoms with E-state index in [4.69, 9.17) is 0 Å². The van der Waals surface area contributed by atoms with Crippen LogP contribution in [0.5, 0.6) is 0 Å². The number of anilines is 5. The molecule has 0 spiro atoms. The number of hydrogen-bond donors (Lipinski definition) is 3. The van der Waals surface area contributed by atoms with Crippen molar-refractivity contribution in [2.24, 2.45) is 0 Å². The summed E-state index contributed by atoms with van der Waals surface area (Å²) in [6.45, 7) is 5.70. The van der Waals surface area contributed by atoms with Gasteiger partial charge in [0, 0.05) is 30.1 Å². The summed E-state index contributed by atoms with van der Waals surface area (Å²) in [6, 6.07) is 15.6. The number of hydrogen-bond acceptors (Lipinski definition) is 5. The van der Waals surface area contributed by atoms with Gasteiger partial charge in [0.2, 0.25) is 5.91 Å². The minimum absolute atomic E-state index is 0.0927. The Kier molecular flexibility index (Phi) is 5.66. The lowest BCUT2D eigenvalue weighted by molar-refractivity contribution is -0.114. The first-order valence-corrected chi connectivity index (χ1v) is 8.87. The SMILES string of the molecule is CCc1cccc(C)c1Nc1cc(Nc2ccc(NC(C)=O)cc2)ncn1. The van der Waals surface area contributed by atoms with E-state index in [-0.39, 0.29) is 5.91 Å². The molecule has 27 heavy (non-hydrogen) atoms. The molecule has 0 unspecified atom stereocenters. The average Bonchev–Trinajstić information content (AvgIpc) is 2.65. The number of carbonyl (C=O) groups excluding carboxylic acids is 1. The van der Waals surface area contributed by atoms with E-state index in [2.05, 4.69) is 58.0 Å². The van der Waals surface area contributed by atoms with Crippen molar-refractivity contribution >= 4 is 34.6 Å². The summed E-state index contributed by atoms with van der Waals surface area (Å²) in [5.41, 5.74) is 5.14. The second-order valence-corrected chi connectivity index (χ2v) is 6.26. The summed E-state index contributed by atoms with van der Waals surface area (Å²) in [4.78, 5) is 19.7. The van der Waals surface area contributed by atoms with E-state index >= 15 is 0 Å². The molecular weight excluding hydrogens is 338 g/mol. The molecule has 3 aromatic rings. The molecular formula is C21H23N5O. The predicted molar refractivity (Wildman–Crippen MR) is 110 cm³/mol. The highest BCUT2D eigenvalue weighted by Gasteiger charge is 2.07. The zero-order valence-electron chi connectivity index (χ0n) is 15.7. The standard InChI is InChI=1S/C21H23N5O/c1-4-16-7-5-6-14(2)21(16)26-20-12-19(22-13-23-20)25-18-10-8-17(9-11-18)24-15(3)27/h5-13H,4H2,1-3H3,(H,24,27)(H2,22,23,25,26). The van der Waals surface area contributed by atoms with Crippen molar-refractivity contribution < 1.29 is 4.79 Å². The van der Waals surface area contributed by atoms with Crippen LogP contribution in [0.25, 0.3) is 0 Å². The summed E-state index contributed by atoms with van der Waals surface area (Å²) in [6.07, 6.45) is 2.47. The fourth-order valence-corrected chi connectivity index (χ4v) is 2.81. The van der Waals surface area contributed by atoms with Crippen LogP contribution in [0.3, 0.4) is 0 Å². The van der Waals surface area contributed by atoms with Crippen LogP contribution in [0.4, 0.5) is 28.7 Å². The smallest absolute Gasteiger partial charge is 0.221 e. The van der Waals surface area contributed by atoms with Gasteiger partial charge in [-0.05, 0) is 48.7 Å². The minimum atomic E-state index is -0.0927.